The van der Waals surface area contributed by atoms with Crippen LogP contribution in [0.3, 0.4) is 0 Å². The largest absolute Gasteiger partial charge is 0.337 e. The Kier molecular flexibility index (Phi) is 4.46. The third-order valence-corrected chi connectivity index (χ3v) is 3.05. The second kappa shape index (κ2) is 5.43. The average molecular weight is 260 g/mol. The molecule has 0 saturated heterocycles. The fourth-order valence-electron chi connectivity index (χ4n) is 1.16. The lowest BCUT2D eigenvalue weighted by atomic mass is 10.1. The molecule has 2 rings (SSSR count). The molecule has 0 unspecified atom stereocenters. The molecule has 4 nitrogen and oxygen atoms in total. The molecule has 6 heteroatoms. The van der Waals surface area contributed by atoms with Gasteiger partial charge in [-0.25, -0.2) is 0 Å². The van der Waals surface area contributed by atoms with Crippen LogP contribution >= 0.6 is 23.7 Å². The van der Waals surface area contributed by atoms with E-state index in [2.05, 4.69) is 10.1 Å². The van der Waals surface area contributed by atoms with E-state index < -0.39 is 0 Å². The van der Waals surface area contributed by atoms with Crippen LogP contribution in [0.1, 0.15) is 25.8 Å². The molecule has 0 radical (unpaired) electrons. The number of rotatable bonds is 3. The van der Waals surface area contributed by atoms with Crippen molar-refractivity contribution in [2.24, 2.45) is 11.7 Å². The van der Waals surface area contributed by atoms with Gasteiger partial charge < -0.3 is 10.3 Å². The maximum atomic E-state index is 5.91. The molecule has 0 aliphatic rings. The lowest BCUT2D eigenvalue weighted by Gasteiger charge is -2.08. The lowest BCUT2D eigenvalue weighted by molar-refractivity contribution is 0.325. The molecule has 0 aliphatic heterocycles. The number of hydrogen-bond donors (Lipinski definition) is 1. The van der Waals surface area contributed by atoms with Crippen LogP contribution in [0.25, 0.3) is 10.7 Å². The minimum absolute atomic E-state index is 0. The molecule has 2 aromatic rings. The first-order chi connectivity index (χ1) is 7.18. The zero-order valence-corrected chi connectivity index (χ0v) is 10.7. The maximum absolute atomic E-state index is 5.91. The summed E-state index contributed by atoms with van der Waals surface area (Å²) in [7, 11) is 0. The standard InChI is InChI=1S/C10H13N3OS.ClH/c1-6(2)8(11)10-12-9(13-14-10)7-4-3-5-15-7;/h3-6,8H,11H2,1-2H3;1H/t8-;/m1./s1. The Morgan fingerprint density at radius 2 is 2.19 bits per heavy atom. The minimum atomic E-state index is -0.189. The summed E-state index contributed by atoms with van der Waals surface area (Å²) in [5.74, 6) is 1.42. The molecule has 0 amide bonds. The molecule has 16 heavy (non-hydrogen) atoms. The van der Waals surface area contributed by atoms with E-state index >= 15 is 0 Å². The van der Waals surface area contributed by atoms with Crippen LogP contribution in [0.2, 0.25) is 0 Å². The Hall–Kier alpha value is -0.910. The van der Waals surface area contributed by atoms with Crippen molar-refractivity contribution in [1.29, 1.82) is 0 Å². The van der Waals surface area contributed by atoms with Crippen LogP contribution in [-0.4, -0.2) is 10.1 Å². The van der Waals surface area contributed by atoms with Gasteiger partial charge >= 0.3 is 0 Å². The number of aromatic nitrogens is 2. The summed E-state index contributed by atoms with van der Waals surface area (Å²) in [6.07, 6.45) is 0. The number of nitrogens with zero attached hydrogens (tertiary/aromatic N) is 2. The Morgan fingerprint density at radius 3 is 2.75 bits per heavy atom. The van der Waals surface area contributed by atoms with Gasteiger partial charge in [-0.2, -0.15) is 4.98 Å². The van der Waals surface area contributed by atoms with Crippen LogP contribution in [0.5, 0.6) is 0 Å². The van der Waals surface area contributed by atoms with E-state index in [9.17, 15) is 0 Å². The number of hydrogen-bond acceptors (Lipinski definition) is 5. The molecule has 0 aromatic carbocycles. The third kappa shape index (κ3) is 2.61. The van der Waals surface area contributed by atoms with Gasteiger partial charge in [0.1, 0.15) is 0 Å². The van der Waals surface area contributed by atoms with Crippen LogP contribution in [0.4, 0.5) is 0 Å². The van der Waals surface area contributed by atoms with E-state index in [0.29, 0.717) is 17.6 Å². The van der Waals surface area contributed by atoms with Gasteiger partial charge in [0, 0.05) is 0 Å². The van der Waals surface area contributed by atoms with E-state index in [0.717, 1.165) is 4.88 Å². The van der Waals surface area contributed by atoms with Gasteiger partial charge in [-0.15, -0.1) is 23.7 Å². The van der Waals surface area contributed by atoms with Gasteiger partial charge in [0.05, 0.1) is 10.9 Å². The molecule has 0 bridgehead atoms. The van der Waals surface area contributed by atoms with Crippen molar-refractivity contribution in [3.8, 4) is 10.7 Å². The van der Waals surface area contributed by atoms with Gasteiger partial charge in [0.25, 0.3) is 0 Å². The molecule has 0 fully saturated rings. The summed E-state index contributed by atoms with van der Waals surface area (Å²) in [4.78, 5) is 5.28. The van der Waals surface area contributed by atoms with Crippen molar-refractivity contribution in [2.75, 3.05) is 0 Å². The van der Waals surface area contributed by atoms with Crippen molar-refractivity contribution in [3.05, 3.63) is 23.4 Å². The summed E-state index contributed by atoms with van der Waals surface area (Å²) < 4.78 is 5.13. The van der Waals surface area contributed by atoms with Crippen molar-refractivity contribution in [1.82, 2.24) is 10.1 Å². The van der Waals surface area contributed by atoms with Crippen LogP contribution in [0.15, 0.2) is 22.0 Å². The molecule has 0 spiro atoms. The Bertz CT molecular complexity index is 427. The quantitative estimate of drug-likeness (QED) is 0.921. The number of thiophene rings is 1. The van der Waals surface area contributed by atoms with Gasteiger partial charge in [-0.05, 0) is 17.4 Å². The molecule has 88 valence electrons. The first-order valence-electron chi connectivity index (χ1n) is 4.81. The first-order valence-corrected chi connectivity index (χ1v) is 5.69. The van der Waals surface area contributed by atoms with Crippen molar-refractivity contribution < 1.29 is 4.52 Å². The second-order valence-corrected chi connectivity index (χ2v) is 4.65. The third-order valence-electron chi connectivity index (χ3n) is 2.19. The molecule has 2 N–H and O–H groups in total. The van der Waals surface area contributed by atoms with Gasteiger partial charge in [0.2, 0.25) is 11.7 Å². The fraction of sp³-hybridized carbons (Fsp3) is 0.400. The summed E-state index contributed by atoms with van der Waals surface area (Å²) in [6.45, 7) is 4.05. The highest BCUT2D eigenvalue weighted by atomic mass is 35.5. The average Bonchev–Trinajstić information content (AvgIpc) is 2.86. The van der Waals surface area contributed by atoms with Gasteiger partial charge in [-0.3, -0.25) is 0 Å². The smallest absolute Gasteiger partial charge is 0.244 e. The summed E-state index contributed by atoms with van der Waals surface area (Å²) in [5, 5.41) is 5.89. The molecular formula is C10H14ClN3OS. The first kappa shape index (κ1) is 13.2. The molecule has 2 aromatic heterocycles. The van der Waals surface area contributed by atoms with E-state index in [1.165, 1.54) is 0 Å². The fourth-order valence-corrected chi connectivity index (χ4v) is 1.81. The van der Waals surface area contributed by atoms with E-state index in [4.69, 9.17) is 10.3 Å². The van der Waals surface area contributed by atoms with Crippen molar-refractivity contribution in [2.45, 2.75) is 19.9 Å². The Morgan fingerprint density at radius 1 is 1.44 bits per heavy atom. The Labute approximate surface area is 104 Å². The Balaban J connectivity index is 0.00000128. The lowest BCUT2D eigenvalue weighted by Crippen LogP contribution is -2.16. The van der Waals surface area contributed by atoms with E-state index in [1.807, 2.05) is 31.4 Å². The van der Waals surface area contributed by atoms with Crippen molar-refractivity contribution in [3.63, 3.8) is 0 Å². The zero-order valence-electron chi connectivity index (χ0n) is 9.08. The van der Waals surface area contributed by atoms with E-state index in [-0.39, 0.29) is 18.4 Å². The second-order valence-electron chi connectivity index (χ2n) is 3.70. The SMILES string of the molecule is CC(C)[C@@H](N)c1nc(-c2cccs2)no1.Cl. The van der Waals surface area contributed by atoms with Crippen molar-refractivity contribution >= 4 is 23.7 Å². The highest BCUT2D eigenvalue weighted by Crippen LogP contribution is 2.24. The maximum Gasteiger partial charge on any atom is 0.244 e. The minimum Gasteiger partial charge on any atom is -0.337 e. The highest BCUT2D eigenvalue weighted by Gasteiger charge is 2.18. The van der Waals surface area contributed by atoms with Crippen LogP contribution < -0.4 is 5.73 Å². The number of halogens is 1. The normalized spacial score (nSPS) is 12.5. The van der Waals surface area contributed by atoms with Gasteiger partial charge in [-0.1, -0.05) is 25.1 Å². The van der Waals surface area contributed by atoms with Crippen LogP contribution in [0, 0.1) is 5.92 Å². The molecule has 2 heterocycles. The molecule has 0 saturated carbocycles. The highest BCUT2D eigenvalue weighted by molar-refractivity contribution is 7.13. The monoisotopic (exact) mass is 259 g/mol. The summed E-state index contributed by atoms with van der Waals surface area (Å²) >= 11 is 1.58. The molecule has 0 aliphatic carbocycles. The topological polar surface area (TPSA) is 64.9 Å². The summed E-state index contributed by atoms with van der Waals surface area (Å²) in [5.41, 5.74) is 5.91. The molecular weight excluding hydrogens is 246 g/mol. The predicted molar refractivity (Wildman–Crippen MR) is 66.6 cm³/mol. The van der Waals surface area contributed by atoms with E-state index in [1.54, 1.807) is 11.3 Å². The zero-order chi connectivity index (χ0) is 10.8. The predicted octanol–water partition coefficient (Wildman–Crippen LogP) is 2.88. The number of nitrogens with two attached hydrogens (primary N) is 1. The van der Waals surface area contributed by atoms with Gasteiger partial charge in [0.15, 0.2) is 0 Å². The molecule has 1 atom stereocenters. The summed E-state index contributed by atoms with van der Waals surface area (Å²) in [6, 6.07) is 3.73. The van der Waals surface area contributed by atoms with Crippen LogP contribution in [-0.2, 0) is 0 Å².